The van der Waals surface area contributed by atoms with Crippen LogP contribution in [-0.4, -0.2) is 17.9 Å². The Labute approximate surface area is 105 Å². The molecule has 2 bridgehead atoms. The molecule has 0 aromatic heterocycles. The van der Waals surface area contributed by atoms with E-state index in [0.29, 0.717) is 17.7 Å². The third kappa shape index (κ3) is 1.30. The van der Waals surface area contributed by atoms with Crippen LogP contribution in [0.2, 0.25) is 0 Å². The van der Waals surface area contributed by atoms with Crippen LogP contribution in [-0.2, 0) is 9.53 Å². The average Bonchev–Trinajstić information content (AvgIpc) is 3.01. The van der Waals surface area contributed by atoms with E-state index in [0.717, 1.165) is 12.0 Å². The molecule has 3 aliphatic rings. The van der Waals surface area contributed by atoms with E-state index in [9.17, 15) is 4.79 Å². The number of ether oxygens (including phenoxy) is 1. The van der Waals surface area contributed by atoms with Gasteiger partial charge in [0.15, 0.2) is 0 Å². The second-order valence-corrected chi connectivity index (χ2v) is 5.19. The molecule has 1 aliphatic heterocycles. The molecule has 0 saturated heterocycles. The summed E-state index contributed by atoms with van der Waals surface area (Å²) in [6.07, 6.45) is 5.41. The summed E-state index contributed by atoms with van der Waals surface area (Å²) in [5, 5.41) is 0. The lowest BCUT2D eigenvalue weighted by molar-refractivity contribution is -0.142. The van der Waals surface area contributed by atoms with Gasteiger partial charge in [-0.3, -0.25) is 4.79 Å². The number of benzene rings is 1. The van der Waals surface area contributed by atoms with Crippen LogP contribution in [0, 0.1) is 17.8 Å². The molecule has 0 unspecified atom stereocenters. The fourth-order valence-electron chi connectivity index (χ4n) is 3.33. The second-order valence-electron chi connectivity index (χ2n) is 5.19. The van der Waals surface area contributed by atoms with E-state index < -0.39 is 0 Å². The maximum Gasteiger partial charge on any atom is 0.318 e. The van der Waals surface area contributed by atoms with E-state index in [-0.39, 0.29) is 17.9 Å². The fourth-order valence-corrected chi connectivity index (χ4v) is 3.33. The molecule has 1 saturated carbocycles. The van der Waals surface area contributed by atoms with Crippen molar-refractivity contribution in [2.24, 2.45) is 22.7 Å². The molecule has 0 spiro atoms. The van der Waals surface area contributed by atoms with Crippen LogP contribution >= 0.6 is 0 Å². The van der Waals surface area contributed by atoms with Crippen molar-refractivity contribution in [2.75, 3.05) is 0 Å². The van der Waals surface area contributed by atoms with Gasteiger partial charge in [-0.05, 0) is 24.5 Å². The lowest BCUT2D eigenvalue weighted by Crippen LogP contribution is -2.38. The quantitative estimate of drug-likeness (QED) is 0.556. The van der Waals surface area contributed by atoms with E-state index >= 15 is 0 Å². The molecule has 0 radical (unpaired) electrons. The SMILES string of the molecule is O=C1OC(c2ccccc2)=N[C@@H]2[C@H]1[C@H]1C=C[C@@H]2C1. The summed E-state index contributed by atoms with van der Waals surface area (Å²) in [7, 11) is 0. The van der Waals surface area contributed by atoms with Crippen LogP contribution in [0.25, 0.3) is 0 Å². The first kappa shape index (κ1) is 10.1. The number of fused-ring (bicyclic) bond motifs is 5. The summed E-state index contributed by atoms with van der Waals surface area (Å²) >= 11 is 0. The van der Waals surface area contributed by atoms with Gasteiger partial charge in [0.2, 0.25) is 5.90 Å². The zero-order valence-corrected chi connectivity index (χ0v) is 9.82. The Kier molecular flexibility index (Phi) is 1.98. The molecule has 18 heavy (non-hydrogen) atoms. The van der Waals surface area contributed by atoms with Gasteiger partial charge in [-0.1, -0.05) is 30.4 Å². The van der Waals surface area contributed by atoms with Gasteiger partial charge in [0.05, 0.1) is 12.0 Å². The Bertz CT molecular complexity index is 561. The van der Waals surface area contributed by atoms with Crippen molar-refractivity contribution in [3.63, 3.8) is 0 Å². The third-order valence-electron chi connectivity index (χ3n) is 4.17. The topological polar surface area (TPSA) is 38.7 Å². The molecule has 4 rings (SSSR count). The smallest absolute Gasteiger partial charge is 0.318 e. The summed E-state index contributed by atoms with van der Waals surface area (Å²) < 4.78 is 5.42. The van der Waals surface area contributed by atoms with Crippen LogP contribution in [0.5, 0.6) is 0 Å². The first-order chi connectivity index (χ1) is 8.83. The number of esters is 1. The van der Waals surface area contributed by atoms with Crippen molar-refractivity contribution >= 4 is 11.9 Å². The minimum atomic E-state index is -0.106. The maximum absolute atomic E-state index is 12.1. The highest BCUT2D eigenvalue weighted by Gasteiger charge is 2.51. The Hall–Kier alpha value is -1.90. The molecule has 1 fully saturated rings. The first-order valence-corrected chi connectivity index (χ1v) is 6.36. The van der Waals surface area contributed by atoms with Crippen molar-refractivity contribution in [1.29, 1.82) is 0 Å². The zero-order chi connectivity index (χ0) is 12.1. The molecular weight excluding hydrogens is 226 g/mol. The highest BCUT2D eigenvalue weighted by molar-refractivity contribution is 6.03. The van der Waals surface area contributed by atoms with E-state index in [4.69, 9.17) is 4.74 Å². The number of carbonyl (C=O) groups is 1. The Balaban J connectivity index is 1.75. The average molecular weight is 239 g/mol. The van der Waals surface area contributed by atoms with E-state index in [1.54, 1.807) is 0 Å². The number of cyclic esters (lactones) is 1. The molecule has 0 N–H and O–H groups in total. The van der Waals surface area contributed by atoms with Crippen molar-refractivity contribution in [3.8, 4) is 0 Å². The number of nitrogens with zero attached hydrogens (tertiary/aromatic N) is 1. The minimum absolute atomic E-state index is 0.0486. The number of rotatable bonds is 1. The maximum atomic E-state index is 12.1. The summed E-state index contributed by atoms with van der Waals surface area (Å²) in [6.45, 7) is 0. The van der Waals surface area contributed by atoms with Gasteiger partial charge in [-0.2, -0.15) is 0 Å². The second kappa shape index (κ2) is 3.55. The molecule has 1 heterocycles. The number of hydrogen-bond donors (Lipinski definition) is 0. The minimum Gasteiger partial charge on any atom is -0.407 e. The van der Waals surface area contributed by atoms with Crippen LogP contribution in [0.3, 0.4) is 0 Å². The number of carbonyl (C=O) groups excluding carboxylic acids is 1. The molecule has 1 aromatic rings. The van der Waals surface area contributed by atoms with Gasteiger partial charge in [0, 0.05) is 11.5 Å². The van der Waals surface area contributed by atoms with Crippen LogP contribution in [0.1, 0.15) is 12.0 Å². The Morgan fingerprint density at radius 3 is 2.72 bits per heavy atom. The van der Waals surface area contributed by atoms with E-state index in [1.165, 1.54) is 0 Å². The largest absolute Gasteiger partial charge is 0.407 e. The molecular formula is C15H13NO2. The molecule has 3 nitrogen and oxygen atoms in total. The molecule has 1 aromatic carbocycles. The van der Waals surface area contributed by atoms with Crippen molar-refractivity contribution in [3.05, 3.63) is 48.0 Å². The predicted octanol–water partition coefficient (Wildman–Crippen LogP) is 2.18. The van der Waals surface area contributed by atoms with Crippen molar-refractivity contribution < 1.29 is 9.53 Å². The molecule has 90 valence electrons. The fraction of sp³-hybridized carbons (Fsp3) is 0.333. The lowest BCUT2D eigenvalue weighted by atomic mass is 9.88. The molecule has 3 heteroatoms. The first-order valence-electron chi connectivity index (χ1n) is 6.36. The predicted molar refractivity (Wildman–Crippen MR) is 67.1 cm³/mol. The molecule has 2 aliphatic carbocycles. The van der Waals surface area contributed by atoms with Crippen molar-refractivity contribution in [1.82, 2.24) is 0 Å². The summed E-state index contributed by atoms with van der Waals surface area (Å²) in [6, 6.07) is 9.75. The van der Waals surface area contributed by atoms with E-state index in [2.05, 4.69) is 17.1 Å². The summed E-state index contributed by atoms with van der Waals surface area (Å²) in [5.41, 5.74) is 0.885. The number of hydrogen-bond acceptors (Lipinski definition) is 3. The zero-order valence-electron chi connectivity index (χ0n) is 9.82. The highest BCUT2D eigenvalue weighted by Crippen LogP contribution is 2.47. The summed E-state index contributed by atoms with van der Waals surface area (Å²) in [4.78, 5) is 16.8. The monoisotopic (exact) mass is 239 g/mol. The number of aliphatic imine (C=N–C) groups is 1. The van der Waals surface area contributed by atoms with Gasteiger partial charge in [0.25, 0.3) is 0 Å². The van der Waals surface area contributed by atoms with Gasteiger partial charge >= 0.3 is 5.97 Å². The van der Waals surface area contributed by atoms with Gasteiger partial charge in [0.1, 0.15) is 0 Å². The van der Waals surface area contributed by atoms with Gasteiger partial charge < -0.3 is 4.74 Å². The lowest BCUT2D eigenvalue weighted by Gasteiger charge is -2.28. The van der Waals surface area contributed by atoms with Crippen LogP contribution in [0.15, 0.2) is 47.5 Å². The van der Waals surface area contributed by atoms with E-state index in [1.807, 2.05) is 30.3 Å². The van der Waals surface area contributed by atoms with Gasteiger partial charge in [-0.25, -0.2) is 4.99 Å². The standard InChI is InChI=1S/C15H13NO2/c17-15-12-10-6-7-11(8-10)13(12)16-14(18-15)9-4-2-1-3-5-9/h1-7,10-13H,8H2/t10-,11+,12+,13-/m0/s1. The Morgan fingerprint density at radius 2 is 1.89 bits per heavy atom. The van der Waals surface area contributed by atoms with Crippen LogP contribution < -0.4 is 0 Å². The van der Waals surface area contributed by atoms with Gasteiger partial charge in [-0.15, -0.1) is 0 Å². The Morgan fingerprint density at radius 1 is 1.11 bits per heavy atom. The molecule has 0 amide bonds. The normalized spacial score (nSPS) is 36.2. The number of allylic oxidation sites excluding steroid dienone is 1. The highest BCUT2D eigenvalue weighted by atomic mass is 16.5. The third-order valence-corrected chi connectivity index (χ3v) is 4.17. The summed E-state index contributed by atoms with van der Waals surface area (Å²) in [5.74, 6) is 1.10. The molecule has 4 atom stereocenters. The van der Waals surface area contributed by atoms with Crippen molar-refractivity contribution in [2.45, 2.75) is 12.5 Å². The van der Waals surface area contributed by atoms with Crippen LogP contribution in [0.4, 0.5) is 0 Å².